The van der Waals surface area contributed by atoms with Crippen LogP contribution in [0.25, 0.3) is 0 Å². The third-order valence-corrected chi connectivity index (χ3v) is 4.89. The molecule has 15 heavy (non-hydrogen) atoms. The largest absolute Gasteiger partial charge is 0.308 e. The Labute approximate surface area is 99.9 Å². The van der Waals surface area contributed by atoms with Crippen LogP contribution in [0.1, 0.15) is 30.5 Å². The van der Waals surface area contributed by atoms with Crippen LogP contribution in [-0.2, 0) is 13.0 Å². The van der Waals surface area contributed by atoms with Crippen LogP contribution in [0, 0.1) is 0 Å². The van der Waals surface area contributed by atoms with Crippen molar-refractivity contribution in [1.82, 2.24) is 10.3 Å². The Hall–Kier alpha value is -0.0600. The van der Waals surface area contributed by atoms with Crippen molar-refractivity contribution in [2.24, 2.45) is 0 Å². The number of hydrogen-bond donors (Lipinski definition) is 1. The second-order valence-electron chi connectivity index (χ2n) is 3.88. The zero-order chi connectivity index (χ0) is 10.5. The summed E-state index contributed by atoms with van der Waals surface area (Å²) in [4.78, 5) is 4.56. The lowest BCUT2D eigenvalue weighted by Gasteiger charge is -2.21. The molecular formula is C11H18N2S2. The first-order chi connectivity index (χ1) is 7.38. The average Bonchev–Trinajstić information content (AvgIpc) is 2.76. The molecule has 0 aromatic carbocycles. The predicted molar refractivity (Wildman–Crippen MR) is 68.7 cm³/mol. The molecule has 0 unspecified atom stereocenters. The van der Waals surface area contributed by atoms with Crippen molar-refractivity contribution in [2.45, 2.75) is 38.8 Å². The molecule has 1 N–H and O–H groups in total. The lowest BCUT2D eigenvalue weighted by Crippen LogP contribution is -2.33. The highest BCUT2D eigenvalue weighted by molar-refractivity contribution is 7.99. The predicted octanol–water partition coefficient (Wildman–Crippen LogP) is 2.69. The minimum Gasteiger partial charge on any atom is -0.308 e. The first-order valence-electron chi connectivity index (χ1n) is 5.63. The van der Waals surface area contributed by atoms with Gasteiger partial charge in [-0.05, 0) is 25.0 Å². The fourth-order valence-corrected chi connectivity index (χ4v) is 3.59. The van der Waals surface area contributed by atoms with Gasteiger partial charge in [-0.15, -0.1) is 11.3 Å². The van der Waals surface area contributed by atoms with Crippen molar-refractivity contribution in [1.29, 1.82) is 0 Å². The van der Waals surface area contributed by atoms with Gasteiger partial charge in [-0.2, -0.15) is 11.8 Å². The van der Waals surface area contributed by atoms with E-state index in [2.05, 4.69) is 34.4 Å². The van der Waals surface area contributed by atoms with Gasteiger partial charge < -0.3 is 5.32 Å². The van der Waals surface area contributed by atoms with E-state index in [1.54, 1.807) is 11.3 Å². The van der Waals surface area contributed by atoms with E-state index >= 15 is 0 Å². The molecule has 1 aliphatic heterocycles. The summed E-state index contributed by atoms with van der Waals surface area (Å²) in [5, 5.41) is 7.04. The number of aryl methyl sites for hydroxylation is 1. The third kappa shape index (κ3) is 3.47. The lowest BCUT2D eigenvalue weighted by atomic mass is 10.2. The summed E-state index contributed by atoms with van der Waals surface area (Å²) in [6.07, 6.45) is 3.75. The molecule has 84 valence electrons. The summed E-state index contributed by atoms with van der Waals surface area (Å²) in [7, 11) is 0. The average molecular weight is 242 g/mol. The van der Waals surface area contributed by atoms with Crippen LogP contribution in [0.4, 0.5) is 0 Å². The Morgan fingerprint density at radius 1 is 1.60 bits per heavy atom. The first-order valence-corrected chi connectivity index (χ1v) is 7.66. The van der Waals surface area contributed by atoms with Crippen LogP contribution < -0.4 is 5.32 Å². The van der Waals surface area contributed by atoms with Gasteiger partial charge in [0.15, 0.2) is 0 Å². The van der Waals surface area contributed by atoms with Gasteiger partial charge in [0.05, 0.1) is 10.7 Å². The Balaban J connectivity index is 1.76. The van der Waals surface area contributed by atoms with E-state index in [1.165, 1.54) is 35.0 Å². The molecule has 1 aromatic heterocycles. The van der Waals surface area contributed by atoms with E-state index in [9.17, 15) is 0 Å². The van der Waals surface area contributed by atoms with Gasteiger partial charge in [0.2, 0.25) is 0 Å². The minimum atomic E-state index is 0.704. The number of hydrogen-bond acceptors (Lipinski definition) is 4. The quantitative estimate of drug-likeness (QED) is 0.879. The molecule has 2 nitrogen and oxygen atoms in total. The summed E-state index contributed by atoms with van der Waals surface area (Å²) in [5.41, 5.74) is 1.22. The molecule has 4 heteroatoms. The van der Waals surface area contributed by atoms with Crippen LogP contribution in [0.15, 0.2) is 5.38 Å². The highest BCUT2D eigenvalue weighted by atomic mass is 32.2. The Kier molecular flexibility index (Phi) is 4.47. The lowest BCUT2D eigenvalue weighted by molar-refractivity contribution is 0.504. The molecule has 1 aromatic rings. The molecule has 0 aliphatic carbocycles. The molecule has 1 saturated heterocycles. The van der Waals surface area contributed by atoms with E-state index < -0.39 is 0 Å². The molecule has 2 rings (SSSR count). The van der Waals surface area contributed by atoms with Crippen molar-refractivity contribution < 1.29 is 0 Å². The summed E-state index contributed by atoms with van der Waals surface area (Å²) in [6, 6.07) is 0.704. The number of nitrogens with zero attached hydrogens (tertiary/aromatic N) is 1. The second kappa shape index (κ2) is 5.87. The van der Waals surface area contributed by atoms with Crippen LogP contribution in [0.2, 0.25) is 0 Å². The normalized spacial score (nSPS) is 21.8. The minimum absolute atomic E-state index is 0.704. The van der Waals surface area contributed by atoms with Crippen molar-refractivity contribution in [3.8, 4) is 0 Å². The van der Waals surface area contributed by atoms with Crippen LogP contribution >= 0.6 is 23.1 Å². The van der Waals surface area contributed by atoms with Crippen LogP contribution in [0.3, 0.4) is 0 Å². The first kappa shape index (κ1) is 11.4. The Morgan fingerprint density at radius 2 is 2.53 bits per heavy atom. The van der Waals surface area contributed by atoms with Crippen LogP contribution in [-0.4, -0.2) is 22.5 Å². The smallest absolute Gasteiger partial charge is 0.0926 e. The Morgan fingerprint density at radius 3 is 3.20 bits per heavy atom. The summed E-state index contributed by atoms with van der Waals surface area (Å²) in [6.45, 7) is 3.11. The maximum absolute atomic E-state index is 4.56. The van der Waals surface area contributed by atoms with Crippen molar-refractivity contribution in [3.63, 3.8) is 0 Å². The fourth-order valence-electron chi connectivity index (χ4n) is 1.74. The van der Waals surface area contributed by atoms with Gasteiger partial charge in [-0.25, -0.2) is 4.98 Å². The monoisotopic (exact) mass is 242 g/mol. The van der Waals surface area contributed by atoms with Gasteiger partial charge in [-0.1, -0.05) is 6.92 Å². The number of rotatable bonds is 4. The van der Waals surface area contributed by atoms with Crippen molar-refractivity contribution >= 4 is 23.1 Å². The molecule has 1 atom stereocenters. The van der Waals surface area contributed by atoms with E-state index in [-0.39, 0.29) is 0 Å². The van der Waals surface area contributed by atoms with Gasteiger partial charge >= 0.3 is 0 Å². The van der Waals surface area contributed by atoms with Crippen LogP contribution in [0.5, 0.6) is 0 Å². The molecule has 1 aliphatic rings. The van der Waals surface area contributed by atoms with E-state index in [1.807, 2.05) is 0 Å². The maximum atomic E-state index is 4.56. The summed E-state index contributed by atoms with van der Waals surface area (Å²) >= 11 is 3.85. The summed E-state index contributed by atoms with van der Waals surface area (Å²) in [5.74, 6) is 2.61. The number of aromatic nitrogens is 1. The van der Waals surface area contributed by atoms with Crippen molar-refractivity contribution in [2.75, 3.05) is 11.5 Å². The molecule has 0 radical (unpaired) electrons. The molecule has 0 saturated carbocycles. The van der Waals surface area contributed by atoms with Crippen molar-refractivity contribution in [3.05, 3.63) is 16.1 Å². The molecule has 2 heterocycles. The molecule has 0 spiro atoms. The third-order valence-electron chi connectivity index (χ3n) is 2.63. The molecule has 0 amide bonds. The van der Waals surface area contributed by atoms with Gasteiger partial charge in [0.1, 0.15) is 0 Å². The van der Waals surface area contributed by atoms with E-state index in [0.717, 1.165) is 13.0 Å². The highest BCUT2D eigenvalue weighted by Gasteiger charge is 2.13. The Bertz CT molecular complexity index is 293. The second-order valence-corrected chi connectivity index (χ2v) is 5.97. The molecule has 0 bridgehead atoms. The number of nitrogens with one attached hydrogen (secondary N) is 1. The maximum Gasteiger partial charge on any atom is 0.0926 e. The topological polar surface area (TPSA) is 24.9 Å². The summed E-state index contributed by atoms with van der Waals surface area (Å²) < 4.78 is 0. The van der Waals surface area contributed by atoms with Gasteiger partial charge in [0.25, 0.3) is 0 Å². The van der Waals surface area contributed by atoms with E-state index in [0.29, 0.717) is 6.04 Å². The molecular weight excluding hydrogens is 224 g/mol. The zero-order valence-electron chi connectivity index (χ0n) is 9.16. The van der Waals surface area contributed by atoms with E-state index in [4.69, 9.17) is 0 Å². The highest BCUT2D eigenvalue weighted by Crippen LogP contribution is 2.17. The standard InChI is InChI=1S/C11H18N2S2/c1-2-11-13-10(8-15-11)6-12-9-4-3-5-14-7-9/h8-9,12H,2-7H2,1H3/t9-/m1/s1. The fraction of sp³-hybridized carbons (Fsp3) is 0.727. The van der Waals surface area contributed by atoms with Gasteiger partial charge in [-0.3, -0.25) is 0 Å². The van der Waals surface area contributed by atoms with Gasteiger partial charge in [0, 0.05) is 23.7 Å². The number of thiazole rings is 1. The zero-order valence-corrected chi connectivity index (χ0v) is 10.8. The number of thioether (sulfide) groups is 1. The SMILES string of the molecule is CCc1nc(CN[C@@H]2CCCSC2)cs1. The molecule has 1 fully saturated rings.